The number of likely N-dealkylation sites (tertiary alicyclic amines) is 1. The molecule has 0 aromatic heterocycles. The zero-order valence-corrected chi connectivity index (χ0v) is 9.18. The minimum Gasteiger partial charge on any atom is -0.339 e. The van der Waals surface area contributed by atoms with E-state index in [1.165, 1.54) is 12.8 Å². The second-order valence-electron chi connectivity index (χ2n) is 4.81. The molecule has 2 atom stereocenters. The number of likely N-dealkylation sites (N-methyl/N-ethyl adjacent to an activating group) is 1. The molecule has 0 aromatic carbocycles. The standard InChI is InChI=1S/C11H20N2O/c1-11-7-8-12-9(11)5-3-4-6-10(14)13(11)2/h9,12H,3-8H2,1-2H3. The van der Waals surface area contributed by atoms with Crippen molar-refractivity contribution in [2.24, 2.45) is 0 Å². The van der Waals surface area contributed by atoms with Crippen molar-refractivity contribution in [3.05, 3.63) is 0 Å². The second kappa shape index (κ2) is 3.54. The summed E-state index contributed by atoms with van der Waals surface area (Å²) in [5, 5.41) is 3.52. The molecule has 0 radical (unpaired) electrons. The van der Waals surface area contributed by atoms with Crippen LogP contribution in [0.3, 0.4) is 0 Å². The van der Waals surface area contributed by atoms with Crippen LogP contribution in [-0.2, 0) is 4.79 Å². The van der Waals surface area contributed by atoms with Crippen molar-refractivity contribution in [1.29, 1.82) is 0 Å². The minimum absolute atomic E-state index is 0.0670. The third-order valence-corrected chi connectivity index (χ3v) is 4.05. The zero-order valence-electron chi connectivity index (χ0n) is 9.18. The number of hydrogen-bond acceptors (Lipinski definition) is 2. The van der Waals surface area contributed by atoms with Crippen LogP contribution >= 0.6 is 0 Å². The molecule has 2 aliphatic rings. The molecular weight excluding hydrogens is 176 g/mol. The van der Waals surface area contributed by atoms with E-state index in [9.17, 15) is 4.79 Å². The minimum atomic E-state index is 0.0670. The lowest BCUT2D eigenvalue weighted by atomic mass is 9.85. The van der Waals surface area contributed by atoms with Crippen molar-refractivity contribution >= 4 is 5.91 Å². The average Bonchev–Trinajstić information content (AvgIpc) is 2.53. The number of fused-ring (bicyclic) bond motifs is 1. The number of nitrogens with one attached hydrogen (secondary N) is 1. The monoisotopic (exact) mass is 196 g/mol. The topological polar surface area (TPSA) is 32.3 Å². The third kappa shape index (κ3) is 1.44. The van der Waals surface area contributed by atoms with Gasteiger partial charge < -0.3 is 10.2 Å². The van der Waals surface area contributed by atoms with Crippen molar-refractivity contribution in [3.63, 3.8) is 0 Å². The fraction of sp³-hybridized carbons (Fsp3) is 0.909. The van der Waals surface area contributed by atoms with E-state index in [0.717, 1.165) is 25.8 Å². The van der Waals surface area contributed by atoms with Gasteiger partial charge in [0.1, 0.15) is 0 Å². The Labute approximate surface area is 85.8 Å². The van der Waals surface area contributed by atoms with Gasteiger partial charge in [-0.05, 0) is 32.7 Å². The SMILES string of the molecule is CN1C(=O)CCCCC2NCCC21C. The van der Waals surface area contributed by atoms with E-state index in [1.807, 2.05) is 11.9 Å². The predicted octanol–water partition coefficient (Wildman–Crippen LogP) is 1.14. The van der Waals surface area contributed by atoms with Gasteiger partial charge >= 0.3 is 0 Å². The molecule has 0 spiro atoms. The van der Waals surface area contributed by atoms with Gasteiger partial charge in [-0.15, -0.1) is 0 Å². The summed E-state index contributed by atoms with van der Waals surface area (Å²) < 4.78 is 0. The van der Waals surface area contributed by atoms with Crippen LogP contribution < -0.4 is 5.32 Å². The van der Waals surface area contributed by atoms with Crippen molar-refractivity contribution < 1.29 is 4.79 Å². The summed E-state index contributed by atoms with van der Waals surface area (Å²) in [4.78, 5) is 13.8. The largest absolute Gasteiger partial charge is 0.339 e. The van der Waals surface area contributed by atoms with Crippen LogP contribution in [0, 0.1) is 0 Å². The summed E-state index contributed by atoms with van der Waals surface area (Å²) >= 11 is 0. The molecule has 3 heteroatoms. The molecule has 1 N–H and O–H groups in total. The molecule has 0 aliphatic carbocycles. The number of amides is 1. The Hall–Kier alpha value is -0.570. The Balaban J connectivity index is 2.21. The first-order chi connectivity index (χ1) is 6.64. The molecule has 3 nitrogen and oxygen atoms in total. The van der Waals surface area contributed by atoms with Gasteiger partial charge in [0.2, 0.25) is 5.91 Å². The third-order valence-electron chi connectivity index (χ3n) is 4.05. The fourth-order valence-electron chi connectivity index (χ4n) is 2.79. The van der Waals surface area contributed by atoms with E-state index in [0.29, 0.717) is 11.9 Å². The quantitative estimate of drug-likeness (QED) is 0.630. The first-order valence-electron chi connectivity index (χ1n) is 5.64. The summed E-state index contributed by atoms with van der Waals surface area (Å²) in [5.74, 6) is 0.320. The van der Waals surface area contributed by atoms with Crippen molar-refractivity contribution in [2.75, 3.05) is 13.6 Å². The van der Waals surface area contributed by atoms with Gasteiger partial charge in [0.15, 0.2) is 0 Å². The van der Waals surface area contributed by atoms with Crippen LogP contribution in [0.1, 0.15) is 39.0 Å². The van der Waals surface area contributed by atoms with E-state index in [1.54, 1.807) is 0 Å². The highest BCUT2D eigenvalue weighted by atomic mass is 16.2. The highest BCUT2D eigenvalue weighted by molar-refractivity contribution is 5.77. The Bertz CT molecular complexity index is 241. The van der Waals surface area contributed by atoms with E-state index < -0.39 is 0 Å². The lowest BCUT2D eigenvalue weighted by Gasteiger charge is -2.41. The maximum atomic E-state index is 11.8. The van der Waals surface area contributed by atoms with E-state index in [2.05, 4.69) is 12.2 Å². The first-order valence-corrected chi connectivity index (χ1v) is 5.64. The van der Waals surface area contributed by atoms with Crippen molar-refractivity contribution in [2.45, 2.75) is 50.6 Å². The molecule has 2 saturated heterocycles. The predicted molar refractivity (Wildman–Crippen MR) is 56.1 cm³/mol. The molecule has 0 aromatic rings. The van der Waals surface area contributed by atoms with Gasteiger partial charge in [-0.3, -0.25) is 4.79 Å². The summed E-state index contributed by atoms with van der Waals surface area (Å²) in [6.07, 6.45) is 5.29. The Morgan fingerprint density at radius 3 is 3.07 bits per heavy atom. The van der Waals surface area contributed by atoms with Crippen molar-refractivity contribution in [3.8, 4) is 0 Å². The summed E-state index contributed by atoms with van der Waals surface area (Å²) in [7, 11) is 1.97. The number of nitrogens with zero attached hydrogens (tertiary/aromatic N) is 1. The number of hydrogen-bond donors (Lipinski definition) is 1. The molecule has 2 fully saturated rings. The maximum Gasteiger partial charge on any atom is 0.222 e. The van der Waals surface area contributed by atoms with E-state index in [4.69, 9.17) is 0 Å². The molecule has 14 heavy (non-hydrogen) atoms. The van der Waals surface area contributed by atoms with Gasteiger partial charge in [0.25, 0.3) is 0 Å². The lowest BCUT2D eigenvalue weighted by Crippen LogP contribution is -2.55. The van der Waals surface area contributed by atoms with Crippen LogP contribution in [0.2, 0.25) is 0 Å². The Morgan fingerprint density at radius 1 is 1.50 bits per heavy atom. The molecule has 0 saturated carbocycles. The summed E-state index contributed by atoms with van der Waals surface area (Å²) in [6.45, 7) is 3.28. The summed E-state index contributed by atoms with van der Waals surface area (Å²) in [5.41, 5.74) is 0.0670. The van der Waals surface area contributed by atoms with Gasteiger partial charge in [0.05, 0.1) is 5.54 Å². The van der Waals surface area contributed by atoms with E-state index in [-0.39, 0.29) is 5.54 Å². The smallest absolute Gasteiger partial charge is 0.222 e. The lowest BCUT2D eigenvalue weighted by molar-refractivity contribution is -0.136. The molecule has 2 unspecified atom stereocenters. The number of carbonyl (C=O) groups is 1. The molecular formula is C11H20N2O. The molecule has 0 bridgehead atoms. The van der Waals surface area contributed by atoms with Crippen LogP contribution in [0.25, 0.3) is 0 Å². The van der Waals surface area contributed by atoms with Crippen LogP contribution in [0.15, 0.2) is 0 Å². The second-order valence-corrected chi connectivity index (χ2v) is 4.81. The number of carbonyl (C=O) groups excluding carboxylic acids is 1. The van der Waals surface area contributed by atoms with Crippen molar-refractivity contribution in [1.82, 2.24) is 10.2 Å². The normalized spacial score (nSPS) is 39.1. The molecule has 1 amide bonds. The fourth-order valence-corrected chi connectivity index (χ4v) is 2.79. The average molecular weight is 196 g/mol. The van der Waals surface area contributed by atoms with Crippen LogP contribution in [-0.4, -0.2) is 36.0 Å². The Morgan fingerprint density at radius 2 is 2.29 bits per heavy atom. The van der Waals surface area contributed by atoms with Gasteiger partial charge in [-0.2, -0.15) is 0 Å². The first kappa shape index (κ1) is 9.97. The Kier molecular flexibility index (Phi) is 2.52. The molecule has 2 heterocycles. The zero-order chi connectivity index (χ0) is 10.2. The van der Waals surface area contributed by atoms with Crippen LogP contribution in [0.5, 0.6) is 0 Å². The van der Waals surface area contributed by atoms with E-state index >= 15 is 0 Å². The highest BCUT2D eigenvalue weighted by Crippen LogP contribution is 2.32. The highest BCUT2D eigenvalue weighted by Gasteiger charge is 2.43. The maximum absolute atomic E-state index is 11.8. The summed E-state index contributed by atoms with van der Waals surface area (Å²) in [6, 6.07) is 0.511. The van der Waals surface area contributed by atoms with Crippen LogP contribution in [0.4, 0.5) is 0 Å². The molecule has 2 rings (SSSR count). The molecule has 2 aliphatic heterocycles. The van der Waals surface area contributed by atoms with Gasteiger partial charge in [-0.1, -0.05) is 6.42 Å². The van der Waals surface area contributed by atoms with Gasteiger partial charge in [0, 0.05) is 19.5 Å². The van der Waals surface area contributed by atoms with Gasteiger partial charge in [-0.25, -0.2) is 0 Å². The number of rotatable bonds is 0. The molecule has 80 valence electrons.